The van der Waals surface area contributed by atoms with Crippen molar-refractivity contribution in [3.63, 3.8) is 0 Å². The van der Waals surface area contributed by atoms with Crippen molar-refractivity contribution < 1.29 is 9.53 Å². The van der Waals surface area contributed by atoms with E-state index < -0.39 is 0 Å². The Bertz CT molecular complexity index is 447. The molecular weight excluding hydrogens is 256 g/mol. The molecule has 2 rings (SSSR count). The molecule has 0 saturated heterocycles. The van der Waals surface area contributed by atoms with E-state index in [0.717, 1.165) is 32.4 Å². The van der Waals surface area contributed by atoms with Gasteiger partial charge in [0, 0.05) is 19.2 Å². The third-order valence-corrected chi connectivity index (χ3v) is 3.26. The van der Waals surface area contributed by atoms with Crippen molar-refractivity contribution in [1.29, 1.82) is 0 Å². The molecule has 0 radical (unpaired) electrons. The van der Waals surface area contributed by atoms with E-state index in [1.807, 2.05) is 6.92 Å². The number of carbonyl (C=O) groups is 1. The fourth-order valence-electron chi connectivity index (χ4n) is 2.13. The Balaban J connectivity index is 1.83. The van der Waals surface area contributed by atoms with Crippen LogP contribution < -0.4 is 10.6 Å². The van der Waals surface area contributed by atoms with Crippen molar-refractivity contribution in [3.8, 4) is 0 Å². The number of rotatable bonds is 7. The number of carbonyl (C=O) groups excluding carboxylic acids is 1. The maximum absolute atomic E-state index is 12.1. The largest absolute Gasteiger partial charge is 0.378 e. The lowest BCUT2D eigenvalue weighted by Gasteiger charge is -2.35. The van der Waals surface area contributed by atoms with Crippen molar-refractivity contribution in [2.45, 2.75) is 45.3 Å². The Labute approximate surface area is 119 Å². The first-order valence-electron chi connectivity index (χ1n) is 7.21. The average molecular weight is 278 g/mol. The zero-order chi connectivity index (χ0) is 14.4. The molecule has 20 heavy (non-hydrogen) atoms. The lowest BCUT2D eigenvalue weighted by molar-refractivity contribution is -0.00867. The Morgan fingerprint density at radius 1 is 1.40 bits per heavy atom. The quantitative estimate of drug-likeness (QED) is 0.792. The van der Waals surface area contributed by atoms with Gasteiger partial charge in [0.15, 0.2) is 0 Å². The van der Waals surface area contributed by atoms with Crippen LogP contribution in [0.2, 0.25) is 0 Å². The molecule has 6 nitrogen and oxygen atoms in total. The van der Waals surface area contributed by atoms with Gasteiger partial charge in [-0.1, -0.05) is 6.92 Å². The molecule has 1 amide bonds. The zero-order valence-corrected chi connectivity index (χ0v) is 12.1. The van der Waals surface area contributed by atoms with Crippen LogP contribution in [0.15, 0.2) is 12.4 Å². The predicted molar refractivity (Wildman–Crippen MR) is 76.7 cm³/mol. The number of ether oxygens (including phenoxy) is 1. The maximum atomic E-state index is 12.1. The van der Waals surface area contributed by atoms with Gasteiger partial charge < -0.3 is 15.4 Å². The van der Waals surface area contributed by atoms with Crippen LogP contribution >= 0.6 is 0 Å². The summed E-state index contributed by atoms with van der Waals surface area (Å²) in [7, 11) is 0. The first kappa shape index (κ1) is 14.7. The van der Waals surface area contributed by atoms with E-state index in [-0.39, 0.29) is 18.1 Å². The van der Waals surface area contributed by atoms with Crippen LogP contribution in [-0.4, -0.2) is 41.2 Å². The standard InChI is InChI=1S/C14H22N4O2/c1-3-5-16-13-9-15-8-12(18-13)14(19)17-10-6-11(7-10)20-4-2/h8-11H,3-7H2,1-2H3,(H,16,18)(H,17,19). The van der Waals surface area contributed by atoms with Crippen LogP contribution in [0.1, 0.15) is 43.6 Å². The van der Waals surface area contributed by atoms with Gasteiger partial charge in [0.1, 0.15) is 11.5 Å². The molecule has 0 atom stereocenters. The van der Waals surface area contributed by atoms with E-state index in [1.54, 1.807) is 6.20 Å². The molecule has 1 saturated carbocycles. The highest BCUT2D eigenvalue weighted by Gasteiger charge is 2.31. The number of amides is 1. The smallest absolute Gasteiger partial charge is 0.271 e. The molecule has 1 aromatic heterocycles. The second-order valence-corrected chi connectivity index (χ2v) is 4.94. The van der Waals surface area contributed by atoms with E-state index in [9.17, 15) is 4.79 Å². The summed E-state index contributed by atoms with van der Waals surface area (Å²) in [4.78, 5) is 20.4. The molecule has 110 valence electrons. The highest BCUT2D eigenvalue weighted by atomic mass is 16.5. The molecule has 1 aliphatic carbocycles. The number of nitrogens with one attached hydrogen (secondary N) is 2. The number of hydrogen-bond acceptors (Lipinski definition) is 5. The molecule has 0 bridgehead atoms. The lowest BCUT2D eigenvalue weighted by atomic mass is 9.89. The van der Waals surface area contributed by atoms with Gasteiger partial charge in [-0.15, -0.1) is 0 Å². The van der Waals surface area contributed by atoms with Crippen LogP contribution in [0.5, 0.6) is 0 Å². The van der Waals surface area contributed by atoms with Gasteiger partial charge >= 0.3 is 0 Å². The number of hydrogen-bond donors (Lipinski definition) is 2. The summed E-state index contributed by atoms with van der Waals surface area (Å²) in [6, 6.07) is 0.188. The minimum Gasteiger partial charge on any atom is -0.378 e. The molecule has 1 aromatic rings. The maximum Gasteiger partial charge on any atom is 0.271 e. The van der Waals surface area contributed by atoms with Gasteiger partial charge in [0.2, 0.25) is 0 Å². The van der Waals surface area contributed by atoms with Gasteiger partial charge in [-0.2, -0.15) is 0 Å². The second kappa shape index (κ2) is 7.19. The summed E-state index contributed by atoms with van der Waals surface area (Å²) >= 11 is 0. The zero-order valence-electron chi connectivity index (χ0n) is 12.1. The number of anilines is 1. The lowest BCUT2D eigenvalue weighted by Crippen LogP contribution is -2.48. The Morgan fingerprint density at radius 2 is 2.20 bits per heavy atom. The van der Waals surface area contributed by atoms with Crippen LogP contribution in [-0.2, 0) is 4.74 Å². The molecule has 6 heteroatoms. The van der Waals surface area contributed by atoms with Crippen LogP contribution in [0.3, 0.4) is 0 Å². The molecule has 1 fully saturated rings. The van der Waals surface area contributed by atoms with E-state index in [1.165, 1.54) is 6.20 Å². The van der Waals surface area contributed by atoms with E-state index in [4.69, 9.17) is 4.74 Å². The molecule has 1 aliphatic rings. The van der Waals surface area contributed by atoms with Gasteiger partial charge in [-0.3, -0.25) is 9.78 Å². The van der Waals surface area contributed by atoms with Crippen molar-refractivity contribution in [3.05, 3.63) is 18.1 Å². The highest BCUT2D eigenvalue weighted by Crippen LogP contribution is 2.23. The highest BCUT2D eigenvalue weighted by molar-refractivity contribution is 5.92. The molecular formula is C14H22N4O2. The Morgan fingerprint density at radius 3 is 2.90 bits per heavy atom. The summed E-state index contributed by atoms with van der Waals surface area (Å²) in [5.74, 6) is 0.470. The van der Waals surface area contributed by atoms with Crippen LogP contribution in [0.4, 0.5) is 5.82 Å². The van der Waals surface area contributed by atoms with Crippen LogP contribution in [0.25, 0.3) is 0 Å². The molecule has 0 aromatic carbocycles. The molecule has 2 N–H and O–H groups in total. The van der Waals surface area contributed by atoms with Crippen molar-refractivity contribution in [2.75, 3.05) is 18.5 Å². The summed E-state index contributed by atoms with van der Waals surface area (Å²) in [6.45, 7) is 5.60. The average Bonchev–Trinajstić information content (AvgIpc) is 2.43. The molecule has 0 aliphatic heterocycles. The SMILES string of the molecule is CCCNc1cncc(C(=O)NC2CC(OCC)C2)n1. The summed E-state index contributed by atoms with van der Waals surface area (Å²) in [5, 5.41) is 6.08. The second-order valence-electron chi connectivity index (χ2n) is 4.94. The normalized spacial score (nSPS) is 21.1. The van der Waals surface area contributed by atoms with Crippen molar-refractivity contribution in [2.24, 2.45) is 0 Å². The van der Waals surface area contributed by atoms with E-state index in [0.29, 0.717) is 11.5 Å². The number of nitrogens with zero attached hydrogens (tertiary/aromatic N) is 2. The first-order valence-corrected chi connectivity index (χ1v) is 7.21. The van der Waals surface area contributed by atoms with Crippen molar-refractivity contribution >= 4 is 11.7 Å². The van der Waals surface area contributed by atoms with E-state index >= 15 is 0 Å². The molecule has 0 unspecified atom stereocenters. The topological polar surface area (TPSA) is 76.1 Å². The van der Waals surface area contributed by atoms with Gasteiger partial charge in [-0.25, -0.2) is 4.98 Å². The third-order valence-electron chi connectivity index (χ3n) is 3.26. The Hall–Kier alpha value is -1.69. The van der Waals surface area contributed by atoms with Gasteiger partial charge in [-0.05, 0) is 26.2 Å². The summed E-state index contributed by atoms with van der Waals surface area (Å²) in [5.41, 5.74) is 0.353. The van der Waals surface area contributed by atoms with Crippen LogP contribution in [0, 0.1) is 0 Å². The van der Waals surface area contributed by atoms with E-state index in [2.05, 4.69) is 27.5 Å². The fourth-order valence-corrected chi connectivity index (χ4v) is 2.13. The minimum atomic E-state index is -0.169. The number of aromatic nitrogens is 2. The van der Waals surface area contributed by atoms with Gasteiger partial charge in [0.05, 0.1) is 18.5 Å². The Kier molecular flexibility index (Phi) is 5.29. The molecule has 1 heterocycles. The van der Waals surface area contributed by atoms with Gasteiger partial charge in [0.25, 0.3) is 5.91 Å². The minimum absolute atomic E-state index is 0.169. The third kappa shape index (κ3) is 3.90. The predicted octanol–water partition coefficient (Wildman–Crippen LogP) is 1.60. The first-order chi connectivity index (χ1) is 9.72. The van der Waals surface area contributed by atoms with Crippen molar-refractivity contribution in [1.82, 2.24) is 15.3 Å². The summed E-state index contributed by atoms with van der Waals surface area (Å²) in [6.07, 6.45) is 6.15. The summed E-state index contributed by atoms with van der Waals surface area (Å²) < 4.78 is 5.47. The monoisotopic (exact) mass is 278 g/mol. The molecule has 0 spiro atoms. The fraction of sp³-hybridized carbons (Fsp3) is 0.643.